The van der Waals surface area contributed by atoms with E-state index in [1.807, 2.05) is 30.3 Å². The molecule has 0 aliphatic heterocycles. The standard InChI is InChI=1S/C16H16BrClN2O/c17-16-12(18)7-4-8-14(16)20-15(21)10-9-13(19)11-5-2-1-3-6-11/h1-8,13H,9-10,19H2,(H,20,21). The number of anilines is 1. The highest BCUT2D eigenvalue weighted by atomic mass is 79.9. The molecule has 1 unspecified atom stereocenters. The quantitative estimate of drug-likeness (QED) is 0.816. The van der Waals surface area contributed by atoms with Crippen molar-refractivity contribution in [1.82, 2.24) is 0 Å². The fourth-order valence-electron chi connectivity index (χ4n) is 1.97. The molecule has 0 spiro atoms. The maximum absolute atomic E-state index is 12.0. The number of nitrogens with one attached hydrogen (secondary N) is 1. The van der Waals surface area contributed by atoms with Crippen LogP contribution in [0.15, 0.2) is 53.0 Å². The number of rotatable bonds is 5. The number of nitrogens with two attached hydrogens (primary N) is 1. The fourth-order valence-corrected chi connectivity index (χ4v) is 2.50. The number of carbonyl (C=O) groups excluding carboxylic acids is 1. The molecular formula is C16H16BrClN2O. The zero-order valence-corrected chi connectivity index (χ0v) is 13.7. The van der Waals surface area contributed by atoms with Crippen LogP contribution in [0.1, 0.15) is 24.4 Å². The lowest BCUT2D eigenvalue weighted by atomic mass is 10.0. The second kappa shape index (κ2) is 7.59. The average Bonchev–Trinajstić information content (AvgIpc) is 2.50. The first-order valence-electron chi connectivity index (χ1n) is 6.62. The van der Waals surface area contributed by atoms with Crippen molar-refractivity contribution in [2.75, 3.05) is 5.32 Å². The predicted molar refractivity (Wildman–Crippen MR) is 90.4 cm³/mol. The van der Waals surface area contributed by atoms with Crippen molar-refractivity contribution in [2.45, 2.75) is 18.9 Å². The van der Waals surface area contributed by atoms with Gasteiger partial charge in [-0.15, -0.1) is 0 Å². The summed E-state index contributed by atoms with van der Waals surface area (Å²) in [6.45, 7) is 0. The summed E-state index contributed by atoms with van der Waals surface area (Å²) in [7, 11) is 0. The third-order valence-corrected chi connectivity index (χ3v) is 4.53. The van der Waals surface area contributed by atoms with Gasteiger partial charge in [0.1, 0.15) is 0 Å². The molecule has 1 atom stereocenters. The molecule has 2 aromatic carbocycles. The Balaban J connectivity index is 1.89. The summed E-state index contributed by atoms with van der Waals surface area (Å²) in [5.74, 6) is -0.0793. The van der Waals surface area contributed by atoms with E-state index >= 15 is 0 Å². The normalized spacial score (nSPS) is 12.0. The summed E-state index contributed by atoms with van der Waals surface area (Å²) in [6.07, 6.45) is 0.947. The minimum Gasteiger partial charge on any atom is -0.325 e. The molecule has 0 bridgehead atoms. The highest BCUT2D eigenvalue weighted by molar-refractivity contribution is 9.10. The lowest BCUT2D eigenvalue weighted by Gasteiger charge is -2.12. The van der Waals surface area contributed by atoms with Crippen LogP contribution in [-0.2, 0) is 4.79 Å². The topological polar surface area (TPSA) is 55.1 Å². The number of hydrogen-bond donors (Lipinski definition) is 2. The van der Waals surface area contributed by atoms with Crippen molar-refractivity contribution in [1.29, 1.82) is 0 Å². The summed E-state index contributed by atoms with van der Waals surface area (Å²) < 4.78 is 0.687. The second-order valence-electron chi connectivity index (χ2n) is 4.71. The van der Waals surface area contributed by atoms with E-state index in [9.17, 15) is 4.79 Å². The molecule has 0 saturated carbocycles. The number of amides is 1. The van der Waals surface area contributed by atoms with Gasteiger partial charge in [-0.1, -0.05) is 48.0 Å². The molecule has 110 valence electrons. The molecule has 5 heteroatoms. The number of hydrogen-bond acceptors (Lipinski definition) is 2. The van der Waals surface area contributed by atoms with Crippen LogP contribution in [0.4, 0.5) is 5.69 Å². The Labute approximate surface area is 137 Å². The van der Waals surface area contributed by atoms with E-state index in [2.05, 4.69) is 21.2 Å². The first kappa shape index (κ1) is 16.0. The van der Waals surface area contributed by atoms with Crippen molar-refractivity contribution in [3.63, 3.8) is 0 Å². The summed E-state index contributed by atoms with van der Waals surface area (Å²) in [4.78, 5) is 12.0. The Morgan fingerprint density at radius 2 is 1.90 bits per heavy atom. The van der Waals surface area contributed by atoms with E-state index in [0.717, 1.165) is 5.56 Å². The Hall–Kier alpha value is -1.36. The van der Waals surface area contributed by atoms with Crippen LogP contribution in [0.5, 0.6) is 0 Å². The van der Waals surface area contributed by atoms with Crippen LogP contribution in [-0.4, -0.2) is 5.91 Å². The molecular weight excluding hydrogens is 352 g/mol. The zero-order chi connectivity index (χ0) is 15.2. The third kappa shape index (κ3) is 4.56. The Morgan fingerprint density at radius 3 is 2.62 bits per heavy atom. The Bertz CT molecular complexity index is 619. The molecule has 21 heavy (non-hydrogen) atoms. The van der Waals surface area contributed by atoms with Crippen LogP contribution < -0.4 is 11.1 Å². The van der Waals surface area contributed by atoms with Gasteiger partial charge < -0.3 is 11.1 Å². The second-order valence-corrected chi connectivity index (χ2v) is 5.91. The van der Waals surface area contributed by atoms with Crippen LogP contribution >= 0.6 is 27.5 Å². The molecule has 0 aromatic heterocycles. The van der Waals surface area contributed by atoms with Gasteiger partial charge in [-0.2, -0.15) is 0 Å². The predicted octanol–water partition coefficient (Wildman–Crippen LogP) is 4.52. The van der Waals surface area contributed by atoms with Crippen LogP contribution in [0.25, 0.3) is 0 Å². The van der Waals surface area contributed by atoms with Gasteiger partial charge in [-0.25, -0.2) is 0 Å². The first-order valence-corrected chi connectivity index (χ1v) is 7.79. The Kier molecular flexibility index (Phi) is 5.79. The largest absolute Gasteiger partial charge is 0.325 e. The highest BCUT2D eigenvalue weighted by Crippen LogP contribution is 2.30. The maximum Gasteiger partial charge on any atom is 0.224 e. The minimum atomic E-state index is -0.139. The van der Waals surface area contributed by atoms with Gasteiger partial charge in [-0.3, -0.25) is 4.79 Å². The van der Waals surface area contributed by atoms with Gasteiger partial charge in [0.15, 0.2) is 0 Å². The van der Waals surface area contributed by atoms with Crippen LogP contribution in [0, 0.1) is 0 Å². The van der Waals surface area contributed by atoms with Gasteiger partial charge in [-0.05, 0) is 40.0 Å². The molecule has 0 fully saturated rings. The van der Waals surface area contributed by atoms with Gasteiger partial charge in [0.05, 0.1) is 15.2 Å². The maximum atomic E-state index is 12.0. The molecule has 0 radical (unpaired) electrons. The molecule has 0 aliphatic rings. The summed E-state index contributed by atoms with van der Waals surface area (Å²) >= 11 is 9.34. The zero-order valence-electron chi connectivity index (χ0n) is 11.4. The lowest BCUT2D eigenvalue weighted by molar-refractivity contribution is -0.116. The SMILES string of the molecule is NC(CCC(=O)Nc1cccc(Cl)c1Br)c1ccccc1. The highest BCUT2D eigenvalue weighted by Gasteiger charge is 2.11. The Morgan fingerprint density at radius 1 is 1.19 bits per heavy atom. The monoisotopic (exact) mass is 366 g/mol. The fraction of sp³-hybridized carbons (Fsp3) is 0.188. The molecule has 3 N–H and O–H groups in total. The van der Waals surface area contributed by atoms with Crippen LogP contribution in [0.3, 0.4) is 0 Å². The van der Waals surface area contributed by atoms with Gasteiger partial charge in [0.25, 0.3) is 0 Å². The van der Waals surface area contributed by atoms with Crippen molar-refractivity contribution in [2.24, 2.45) is 5.73 Å². The molecule has 0 aliphatic carbocycles. The third-order valence-electron chi connectivity index (χ3n) is 3.14. The number of carbonyl (C=O) groups is 1. The average molecular weight is 368 g/mol. The smallest absolute Gasteiger partial charge is 0.224 e. The van der Waals surface area contributed by atoms with Crippen molar-refractivity contribution < 1.29 is 4.79 Å². The van der Waals surface area contributed by atoms with Crippen LogP contribution in [0.2, 0.25) is 5.02 Å². The van der Waals surface area contributed by atoms with Crippen molar-refractivity contribution >= 4 is 39.1 Å². The molecule has 2 aromatic rings. The van der Waals surface area contributed by atoms with E-state index in [1.165, 1.54) is 0 Å². The molecule has 1 amide bonds. The lowest BCUT2D eigenvalue weighted by Crippen LogP contribution is -2.16. The van der Waals surface area contributed by atoms with E-state index in [-0.39, 0.29) is 11.9 Å². The van der Waals surface area contributed by atoms with Crippen molar-refractivity contribution in [3.8, 4) is 0 Å². The summed E-state index contributed by atoms with van der Waals surface area (Å²) in [5, 5.41) is 3.40. The molecule has 0 heterocycles. The number of halogens is 2. The molecule has 3 nitrogen and oxygen atoms in total. The van der Waals surface area contributed by atoms with Gasteiger partial charge in [0.2, 0.25) is 5.91 Å². The molecule has 2 rings (SSSR count). The minimum absolute atomic E-state index is 0.0793. The number of benzene rings is 2. The van der Waals surface area contributed by atoms with Gasteiger partial charge >= 0.3 is 0 Å². The van der Waals surface area contributed by atoms with Gasteiger partial charge in [0, 0.05) is 12.5 Å². The van der Waals surface area contributed by atoms with E-state index < -0.39 is 0 Å². The summed E-state index contributed by atoms with van der Waals surface area (Å²) in [5.41, 5.74) is 7.78. The first-order chi connectivity index (χ1) is 10.1. The van der Waals surface area contributed by atoms with E-state index in [0.29, 0.717) is 28.0 Å². The summed E-state index contributed by atoms with van der Waals surface area (Å²) in [6, 6.07) is 15.0. The van der Waals surface area contributed by atoms with Crippen molar-refractivity contribution in [3.05, 3.63) is 63.6 Å². The van der Waals surface area contributed by atoms with E-state index in [4.69, 9.17) is 17.3 Å². The molecule has 0 saturated heterocycles. The van der Waals surface area contributed by atoms with E-state index in [1.54, 1.807) is 18.2 Å².